The third-order valence-corrected chi connectivity index (χ3v) is 4.20. The van der Waals surface area contributed by atoms with Gasteiger partial charge in [-0.25, -0.2) is 0 Å². The second-order valence-corrected chi connectivity index (χ2v) is 5.00. The predicted molar refractivity (Wildman–Crippen MR) is 75.4 cm³/mol. The van der Waals surface area contributed by atoms with E-state index in [0.29, 0.717) is 0 Å². The van der Waals surface area contributed by atoms with Gasteiger partial charge in [-0.3, -0.25) is 4.79 Å². The molecule has 0 spiro atoms. The average Bonchev–Trinajstić information content (AvgIpc) is 2.44. The lowest BCUT2D eigenvalue weighted by Gasteiger charge is -2.52. The molecule has 1 aromatic rings. The van der Waals surface area contributed by atoms with E-state index < -0.39 is 0 Å². The zero-order valence-corrected chi connectivity index (χ0v) is 11.8. The number of nitrogens with zero attached hydrogens (tertiary/aromatic N) is 1. The predicted octanol–water partition coefficient (Wildman–Crippen LogP) is 1.15. The molecule has 104 valence electrons. The molecule has 3 rings (SSSR count). The SMILES string of the molecule is CN1C(=O)CO[C@@H]2CNCC[C@]21c1ccccc1.Cl. The van der Waals surface area contributed by atoms with Gasteiger partial charge in [0.2, 0.25) is 5.91 Å². The molecule has 2 aliphatic heterocycles. The van der Waals surface area contributed by atoms with Crippen LogP contribution in [0.1, 0.15) is 12.0 Å². The summed E-state index contributed by atoms with van der Waals surface area (Å²) in [5.74, 6) is 0.0667. The van der Waals surface area contributed by atoms with E-state index in [1.54, 1.807) is 0 Å². The first-order chi connectivity index (χ1) is 8.75. The molecular weight excluding hydrogens is 264 g/mol. The number of carbonyl (C=O) groups is 1. The Labute approximate surface area is 119 Å². The number of rotatable bonds is 1. The zero-order valence-electron chi connectivity index (χ0n) is 11.0. The van der Waals surface area contributed by atoms with Crippen LogP contribution in [0.15, 0.2) is 30.3 Å². The van der Waals surface area contributed by atoms with Gasteiger partial charge in [-0.15, -0.1) is 12.4 Å². The molecule has 4 nitrogen and oxygen atoms in total. The van der Waals surface area contributed by atoms with Gasteiger partial charge in [0.25, 0.3) is 0 Å². The number of halogens is 1. The molecule has 0 radical (unpaired) electrons. The molecule has 1 N–H and O–H groups in total. The normalized spacial score (nSPS) is 30.5. The molecule has 1 amide bonds. The molecule has 2 aliphatic rings. The monoisotopic (exact) mass is 282 g/mol. The fraction of sp³-hybridized carbons (Fsp3) is 0.500. The van der Waals surface area contributed by atoms with Crippen molar-refractivity contribution >= 4 is 18.3 Å². The average molecular weight is 283 g/mol. The second-order valence-electron chi connectivity index (χ2n) is 5.00. The van der Waals surface area contributed by atoms with Crippen molar-refractivity contribution in [2.75, 3.05) is 26.7 Å². The Balaban J connectivity index is 0.00000133. The van der Waals surface area contributed by atoms with Gasteiger partial charge in [-0.2, -0.15) is 0 Å². The van der Waals surface area contributed by atoms with E-state index in [9.17, 15) is 4.79 Å². The van der Waals surface area contributed by atoms with Crippen molar-refractivity contribution in [3.8, 4) is 0 Å². The number of likely N-dealkylation sites (N-methyl/N-ethyl adjacent to an activating group) is 1. The van der Waals surface area contributed by atoms with Crippen molar-refractivity contribution in [1.82, 2.24) is 10.2 Å². The molecule has 0 bridgehead atoms. The first-order valence-corrected chi connectivity index (χ1v) is 6.39. The standard InChI is InChI=1S/C14H18N2O2.ClH/c1-16-13(17)10-18-12-9-15-8-7-14(12,16)11-5-3-2-4-6-11;/h2-6,12,15H,7-10H2,1H3;1H/t12-,14+;/m1./s1. The molecule has 5 heteroatoms. The highest BCUT2D eigenvalue weighted by atomic mass is 35.5. The number of piperidine rings is 1. The summed E-state index contributed by atoms with van der Waals surface area (Å²) >= 11 is 0. The summed E-state index contributed by atoms with van der Waals surface area (Å²) in [5, 5.41) is 3.35. The number of morpholine rings is 1. The molecule has 2 atom stereocenters. The Morgan fingerprint density at radius 1 is 1.37 bits per heavy atom. The van der Waals surface area contributed by atoms with E-state index in [0.717, 1.165) is 19.5 Å². The molecule has 0 aliphatic carbocycles. The van der Waals surface area contributed by atoms with Crippen LogP contribution in [0.5, 0.6) is 0 Å². The Kier molecular flexibility index (Phi) is 4.13. The van der Waals surface area contributed by atoms with Crippen molar-refractivity contribution < 1.29 is 9.53 Å². The third-order valence-electron chi connectivity index (χ3n) is 4.20. The lowest BCUT2D eigenvalue weighted by Crippen LogP contribution is -2.66. The summed E-state index contributed by atoms with van der Waals surface area (Å²) < 4.78 is 5.77. The summed E-state index contributed by atoms with van der Waals surface area (Å²) in [7, 11) is 1.90. The number of benzene rings is 1. The fourth-order valence-corrected chi connectivity index (χ4v) is 3.16. The highest BCUT2D eigenvalue weighted by molar-refractivity contribution is 5.85. The topological polar surface area (TPSA) is 41.6 Å². The Hall–Kier alpha value is -1.10. The zero-order chi connectivity index (χ0) is 12.6. The largest absolute Gasteiger partial charge is 0.364 e. The Morgan fingerprint density at radius 2 is 2.11 bits per heavy atom. The highest BCUT2D eigenvalue weighted by Gasteiger charge is 2.50. The maximum atomic E-state index is 12.0. The van der Waals surface area contributed by atoms with Crippen LogP contribution in [0.4, 0.5) is 0 Å². The minimum atomic E-state index is -0.304. The van der Waals surface area contributed by atoms with E-state index >= 15 is 0 Å². The lowest BCUT2D eigenvalue weighted by molar-refractivity contribution is -0.175. The van der Waals surface area contributed by atoms with Crippen LogP contribution in [0, 0.1) is 0 Å². The first kappa shape index (κ1) is 14.3. The van der Waals surface area contributed by atoms with Gasteiger partial charge in [0, 0.05) is 13.6 Å². The molecule has 1 aromatic carbocycles. The summed E-state index contributed by atoms with van der Waals surface area (Å²) in [4.78, 5) is 13.9. The maximum absolute atomic E-state index is 12.0. The third kappa shape index (κ3) is 2.14. The van der Waals surface area contributed by atoms with Gasteiger partial charge < -0.3 is 15.0 Å². The summed E-state index contributed by atoms with van der Waals surface area (Å²) in [6.07, 6.45) is 0.931. The van der Waals surface area contributed by atoms with Crippen molar-refractivity contribution in [1.29, 1.82) is 0 Å². The summed E-state index contributed by atoms with van der Waals surface area (Å²) in [6, 6.07) is 10.2. The fourth-order valence-electron chi connectivity index (χ4n) is 3.16. The number of fused-ring (bicyclic) bond motifs is 1. The van der Waals surface area contributed by atoms with Crippen molar-refractivity contribution in [3.63, 3.8) is 0 Å². The van der Waals surface area contributed by atoms with Crippen molar-refractivity contribution in [2.45, 2.75) is 18.1 Å². The summed E-state index contributed by atoms with van der Waals surface area (Å²) in [5.41, 5.74) is 0.869. The van der Waals surface area contributed by atoms with Crippen LogP contribution >= 0.6 is 12.4 Å². The van der Waals surface area contributed by atoms with E-state index in [1.165, 1.54) is 5.56 Å². The van der Waals surface area contributed by atoms with Crippen molar-refractivity contribution in [3.05, 3.63) is 35.9 Å². The van der Waals surface area contributed by atoms with Gasteiger partial charge in [-0.05, 0) is 18.5 Å². The van der Waals surface area contributed by atoms with Crippen LogP contribution in [0.25, 0.3) is 0 Å². The minimum absolute atomic E-state index is 0. The van der Waals surface area contributed by atoms with Gasteiger partial charge in [0.15, 0.2) is 0 Å². The summed E-state index contributed by atoms with van der Waals surface area (Å²) in [6.45, 7) is 1.90. The van der Waals surface area contributed by atoms with Crippen LogP contribution in [0.3, 0.4) is 0 Å². The highest BCUT2D eigenvalue weighted by Crippen LogP contribution is 2.40. The first-order valence-electron chi connectivity index (χ1n) is 6.39. The molecule has 2 saturated heterocycles. The van der Waals surface area contributed by atoms with Crippen LogP contribution < -0.4 is 5.32 Å². The Bertz CT molecular complexity index is 454. The number of carbonyl (C=O) groups excluding carboxylic acids is 1. The van der Waals surface area contributed by atoms with E-state index in [4.69, 9.17) is 4.74 Å². The molecule has 0 aromatic heterocycles. The second kappa shape index (κ2) is 5.49. The molecule has 0 unspecified atom stereocenters. The lowest BCUT2D eigenvalue weighted by atomic mass is 9.77. The molecule has 19 heavy (non-hydrogen) atoms. The Morgan fingerprint density at radius 3 is 2.84 bits per heavy atom. The van der Waals surface area contributed by atoms with Gasteiger partial charge in [0.05, 0.1) is 11.6 Å². The molecule has 2 fully saturated rings. The minimum Gasteiger partial charge on any atom is -0.364 e. The number of hydrogen-bond donors (Lipinski definition) is 1. The van der Waals surface area contributed by atoms with E-state index in [2.05, 4.69) is 17.4 Å². The molecule has 2 heterocycles. The van der Waals surface area contributed by atoms with Gasteiger partial charge in [0.1, 0.15) is 6.61 Å². The van der Waals surface area contributed by atoms with Crippen LogP contribution in [-0.4, -0.2) is 43.7 Å². The number of ether oxygens (including phenoxy) is 1. The maximum Gasteiger partial charge on any atom is 0.249 e. The number of amides is 1. The smallest absolute Gasteiger partial charge is 0.249 e. The van der Waals surface area contributed by atoms with E-state index in [-0.39, 0.29) is 36.6 Å². The number of hydrogen-bond acceptors (Lipinski definition) is 3. The van der Waals surface area contributed by atoms with E-state index in [1.807, 2.05) is 30.1 Å². The van der Waals surface area contributed by atoms with Gasteiger partial charge in [-0.1, -0.05) is 30.3 Å². The number of nitrogens with one attached hydrogen (secondary N) is 1. The quantitative estimate of drug-likeness (QED) is 0.840. The van der Waals surface area contributed by atoms with Gasteiger partial charge >= 0.3 is 0 Å². The molecule has 0 saturated carbocycles. The van der Waals surface area contributed by atoms with Crippen molar-refractivity contribution in [2.24, 2.45) is 0 Å². The van der Waals surface area contributed by atoms with Crippen LogP contribution in [-0.2, 0) is 15.1 Å². The van der Waals surface area contributed by atoms with Crippen LogP contribution in [0.2, 0.25) is 0 Å². The molecular formula is C14H19ClN2O2.